The second-order valence-electron chi connectivity index (χ2n) is 10.9. The average Bonchev–Trinajstić information content (AvgIpc) is 3.08. The fourth-order valence-corrected chi connectivity index (χ4v) is 4.70. The lowest BCUT2D eigenvalue weighted by atomic mass is 10.00. The average molecular weight is 617 g/mol. The lowest BCUT2D eigenvalue weighted by Crippen LogP contribution is -2.14. The first-order valence-corrected chi connectivity index (χ1v) is 15.2. The molecule has 0 saturated heterocycles. The number of carbonyl (C=O) groups excluding carboxylic acids is 2. The smallest absolute Gasteiger partial charge is 0.341 e. The Morgan fingerprint density at radius 1 is 0.652 bits per heavy atom. The van der Waals surface area contributed by atoms with E-state index in [0.29, 0.717) is 17.1 Å². The molecule has 0 aliphatic heterocycles. The van der Waals surface area contributed by atoms with Crippen molar-refractivity contribution in [3.63, 3.8) is 0 Å². The highest BCUT2D eigenvalue weighted by atomic mass is 16.5. The van der Waals surface area contributed by atoms with Crippen LogP contribution in [0.2, 0.25) is 0 Å². The van der Waals surface area contributed by atoms with Gasteiger partial charge in [0.15, 0.2) is 0 Å². The first-order valence-electron chi connectivity index (χ1n) is 15.2. The van der Waals surface area contributed by atoms with E-state index in [1.165, 1.54) is 38.2 Å². The number of hydrogen-bond donors (Lipinski definition) is 0. The van der Waals surface area contributed by atoms with Gasteiger partial charge in [-0.05, 0) is 70.5 Å². The zero-order valence-electron chi connectivity index (χ0n) is 26.7. The zero-order valence-corrected chi connectivity index (χ0v) is 26.7. The van der Waals surface area contributed by atoms with Crippen LogP contribution in [0.4, 0.5) is 0 Å². The minimum Gasteiger partial charge on any atom is -0.423 e. The molecule has 0 radical (unpaired) electrons. The largest absolute Gasteiger partial charge is 0.423 e. The maximum Gasteiger partial charge on any atom is 0.341 e. The normalized spacial score (nSPS) is 10.9. The standard InChI is InChI=1S/C40H40O6/c1-6-7-8-30-9-14-32(15-10-30)33-16-11-31(12-17-33)13-18-36-25-35(21-24-38(36)46-40(42)29(3)27-44-5)34-19-22-37(23-20-34)45-39(41)28(2)26-43-4/h9-25H,2-3,6-8,26-27H2,1,4-5H3/b18-13+. The summed E-state index contributed by atoms with van der Waals surface area (Å²) in [6.07, 6.45) is 7.38. The van der Waals surface area contributed by atoms with E-state index in [9.17, 15) is 9.59 Å². The van der Waals surface area contributed by atoms with Gasteiger partial charge in [0.25, 0.3) is 0 Å². The fourth-order valence-electron chi connectivity index (χ4n) is 4.70. The quantitative estimate of drug-likeness (QED) is 0.0576. The highest BCUT2D eigenvalue weighted by Gasteiger charge is 2.14. The number of rotatable bonds is 15. The van der Waals surface area contributed by atoms with Gasteiger partial charge >= 0.3 is 11.9 Å². The molecule has 0 bridgehead atoms. The number of methoxy groups -OCH3 is 2. The minimum atomic E-state index is -0.560. The van der Waals surface area contributed by atoms with Crippen LogP contribution in [-0.4, -0.2) is 39.4 Å². The van der Waals surface area contributed by atoms with Crippen molar-refractivity contribution in [3.8, 4) is 33.8 Å². The number of aryl methyl sites for hydroxylation is 1. The van der Waals surface area contributed by atoms with Gasteiger partial charge in [-0.1, -0.05) is 105 Å². The van der Waals surface area contributed by atoms with Crippen LogP contribution < -0.4 is 9.47 Å². The Morgan fingerprint density at radius 3 is 1.76 bits per heavy atom. The predicted molar refractivity (Wildman–Crippen MR) is 185 cm³/mol. The molecular formula is C40H40O6. The van der Waals surface area contributed by atoms with Crippen molar-refractivity contribution in [2.24, 2.45) is 0 Å². The van der Waals surface area contributed by atoms with Crippen LogP contribution >= 0.6 is 0 Å². The van der Waals surface area contributed by atoms with Gasteiger partial charge in [-0.15, -0.1) is 0 Å². The first kappa shape index (κ1) is 33.8. The number of unbranched alkanes of at least 4 members (excludes halogenated alkanes) is 1. The Balaban J connectivity index is 1.56. The van der Waals surface area contributed by atoms with Gasteiger partial charge in [0.05, 0.1) is 24.4 Å². The molecule has 4 rings (SSSR count). The SMILES string of the molecule is C=C(COC)C(=O)Oc1ccc(-c2ccc(OC(=O)C(=C)COC)c(/C=C/c3ccc(-c4ccc(CCCC)cc4)cc3)c2)cc1. The van der Waals surface area contributed by atoms with Crippen LogP contribution in [0.1, 0.15) is 36.5 Å². The van der Waals surface area contributed by atoms with E-state index in [0.717, 1.165) is 28.7 Å². The summed E-state index contributed by atoms with van der Waals surface area (Å²) in [5.74, 6) is -0.319. The number of esters is 2. The Kier molecular flexibility index (Phi) is 12.4. The minimum absolute atomic E-state index is 0.0750. The second kappa shape index (κ2) is 16.9. The Bertz CT molecular complexity index is 1680. The summed E-state index contributed by atoms with van der Waals surface area (Å²) in [5, 5.41) is 0. The van der Waals surface area contributed by atoms with Crippen LogP contribution in [0.15, 0.2) is 115 Å². The molecule has 0 amide bonds. The van der Waals surface area contributed by atoms with Crippen LogP contribution in [0.25, 0.3) is 34.4 Å². The number of benzene rings is 4. The molecule has 0 saturated carbocycles. The summed E-state index contributed by atoms with van der Waals surface area (Å²) in [7, 11) is 2.99. The van der Waals surface area contributed by atoms with E-state index in [4.69, 9.17) is 18.9 Å². The van der Waals surface area contributed by atoms with E-state index in [2.05, 4.69) is 68.6 Å². The van der Waals surface area contributed by atoms with E-state index in [-0.39, 0.29) is 24.4 Å². The fraction of sp³-hybridized carbons (Fsp3) is 0.200. The molecule has 6 heteroatoms. The highest BCUT2D eigenvalue weighted by molar-refractivity contribution is 5.91. The van der Waals surface area contributed by atoms with Crippen molar-refractivity contribution in [2.45, 2.75) is 26.2 Å². The van der Waals surface area contributed by atoms with Crippen LogP contribution in [-0.2, 0) is 25.5 Å². The molecule has 6 nitrogen and oxygen atoms in total. The van der Waals surface area contributed by atoms with Crippen molar-refractivity contribution in [1.29, 1.82) is 0 Å². The summed E-state index contributed by atoms with van der Waals surface area (Å²) < 4.78 is 21.1. The Labute approximate surface area is 271 Å². The van der Waals surface area contributed by atoms with Crippen LogP contribution in [0.5, 0.6) is 11.5 Å². The molecule has 236 valence electrons. The molecule has 4 aromatic rings. The lowest BCUT2D eigenvalue weighted by molar-refractivity contribution is -0.131. The number of carbonyl (C=O) groups is 2. The molecule has 0 unspecified atom stereocenters. The van der Waals surface area contributed by atoms with Gasteiger partial charge in [0.2, 0.25) is 0 Å². The van der Waals surface area contributed by atoms with Crippen molar-refractivity contribution in [1.82, 2.24) is 0 Å². The monoisotopic (exact) mass is 616 g/mol. The van der Waals surface area contributed by atoms with Crippen LogP contribution in [0, 0.1) is 0 Å². The van der Waals surface area contributed by atoms with E-state index in [1.807, 2.05) is 36.4 Å². The number of hydrogen-bond acceptors (Lipinski definition) is 6. The Hall–Kier alpha value is -5.04. The molecule has 0 spiro atoms. The van der Waals surface area contributed by atoms with Gasteiger partial charge in [-0.3, -0.25) is 0 Å². The summed E-state index contributed by atoms with van der Waals surface area (Å²) >= 11 is 0. The summed E-state index contributed by atoms with van der Waals surface area (Å²) in [6.45, 7) is 9.82. The predicted octanol–water partition coefficient (Wildman–Crippen LogP) is 8.75. The number of ether oxygens (including phenoxy) is 4. The molecule has 0 fully saturated rings. The maximum absolute atomic E-state index is 12.7. The maximum atomic E-state index is 12.7. The van der Waals surface area contributed by atoms with Gasteiger partial charge in [0, 0.05) is 19.8 Å². The van der Waals surface area contributed by atoms with Crippen molar-refractivity contribution < 1.29 is 28.5 Å². The van der Waals surface area contributed by atoms with E-state index < -0.39 is 11.9 Å². The Morgan fingerprint density at radius 2 is 1.17 bits per heavy atom. The van der Waals surface area contributed by atoms with E-state index in [1.54, 1.807) is 18.2 Å². The third-order valence-electron chi connectivity index (χ3n) is 7.30. The molecule has 0 aromatic heterocycles. The molecular weight excluding hydrogens is 576 g/mol. The second-order valence-corrected chi connectivity index (χ2v) is 10.9. The molecule has 0 aliphatic carbocycles. The molecule has 0 aliphatic rings. The van der Waals surface area contributed by atoms with E-state index >= 15 is 0 Å². The summed E-state index contributed by atoms with van der Waals surface area (Å²) in [4.78, 5) is 24.8. The molecule has 0 heterocycles. The third-order valence-corrected chi connectivity index (χ3v) is 7.30. The van der Waals surface area contributed by atoms with Crippen molar-refractivity contribution in [3.05, 3.63) is 132 Å². The lowest BCUT2D eigenvalue weighted by Gasteiger charge is -2.12. The molecule has 0 atom stereocenters. The summed E-state index contributed by atoms with van der Waals surface area (Å²) in [5.41, 5.74) is 7.59. The van der Waals surface area contributed by atoms with Gasteiger partial charge in [-0.2, -0.15) is 0 Å². The molecule has 46 heavy (non-hydrogen) atoms. The van der Waals surface area contributed by atoms with Crippen LogP contribution in [0.3, 0.4) is 0 Å². The third kappa shape index (κ3) is 9.48. The van der Waals surface area contributed by atoms with Crippen molar-refractivity contribution in [2.75, 3.05) is 27.4 Å². The topological polar surface area (TPSA) is 71.1 Å². The van der Waals surface area contributed by atoms with Crippen molar-refractivity contribution >= 4 is 24.1 Å². The first-order chi connectivity index (χ1) is 22.3. The van der Waals surface area contributed by atoms with Gasteiger partial charge < -0.3 is 18.9 Å². The highest BCUT2D eigenvalue weighted by Crippen LogP contribution is 2.30. The molecule has 0 N–H and O–H groups in total. The zero-order chi connectivity index (χ0) is 32.9. The van der Waals surface area contributed by atoms with Gasteiger partial charge in [-0.25, -0.2) is 9.59 Å². The van der Waals surface area contributed by atoms with Gasteiger partial charge in [0.1, 0.15) is 11.5 Å². The molecule has 4 aromatic carbocycles. The summed E-state index contributed by atoms with van der Waals surface area (Å²) in [6, 6.07) is 29.8.